The molecule has 2 N–H and O–H groups in total. The van der Waals surface area contributed by atoms with Gasteiger partial charge in [0.25, 0.3) is 5.91 Å². The molecule has 0 bridgehead atoms. The van der Waals surface area contributed by atoms with Gasteiger partial charge in [0.2, 0.25) is 0 Å². The molecule has 0 saturated carbocycles. The molecule has 0 aromatic heterocycles. The summed E-state index contributed by atoms with van der Waals surface area (Å²) in [4.78, 5) is 25.1. The number of thioether (sulfide) groups is 1. The molecule has 0 aliphatic carbocycles. The van der Waals surface area contributed by atoms with Crippen molar-refractivity contribution < 1.29 is 14.7 Å². The minimum atomic E-state index is -1.02. The van der Waals surface area contributed by atoms with Crippen LogP contribution < -0.4 is 5.32 Å². The maximum atomic E-state index is 13.3. The van der Waals surface area contributed by atoms with E-state index in [-0.39, 0.29) is 24.8 Å². The van der Waals surface area contributed by atoms with E-state index in [1.807, 2.05) is 61.7 Å². The van der Waals surface area contributed by atoms with Crippen molar-refractivity contribution in [1.29, 1.82) is 0 Å². The van der Waals surface area contributed by atoms with Crippen molar-refractivity contribution in [1.82, 2.24) is 5.32 Å². The first kappa shape index (κ1) is 31.0. The molecule has 0 fully saturated rings. The van der Waals surface area contributed by atoms with Crippen LogP contribution in [0, 0.1) is 6.92 Å². The van der Waals surface area contributed by atoms with Crippen LogP contribution in [0.5, 0.6) is 0 Å². The topological polar surface area (TPSA) is 66.4 Å². The van der Waals surface area contributed by atoms with Crippen LogP contribution in [0.15, 0.2) is 97.1 Å². The standard InChI is InChI=1S/C34H33NO3S.Li.H/c1-24-10-6-9-15-29(24)31-23-26(17-19-30(31)33(36)35-32(34(37)38)20-21-39-2)16-18-27-13-7-8-14-28(27)22-25-11-4-3-5-12-25;;/h3-19,23,32H,20-22H2,1-2H3,(H,35,36)(H,37,38);;. The van der Waals surface area contributed by atoms with E-state index in [0.29, 0.717) is 17.7 Å². The Labute approximate surface area is 253 Å². The molecule has 4 aromatic carbocycles. The third-order valence-electron chi connectivity index (χ3n) is 6.69. The number of aryl methyl sites for hydroxylation is 1. The van der Waals surface area contributed by atoms with Crippen LogP contribution in [-0.2, 0) is 11.2 Å². The van der Waals surface area contributed by atoms with E-state index < -0.39 is 12.0 Å². The number of rotatable bonds is 11. The van der Waals surface area contributed by atoms with Gasteiger partial charge in [-0.2, -0.15) is 11.8 Å². The fourth-order valence-corrected chi connectivity index (χ4v) is 5.02. The number of carboxylic acid groups (broad SMARTS) is 1. The Morgan fingerprint density at radius 2 is 1.57 bits per heavy atom. The van der Waals surface area contributed by atoms with Crippen molar-refractivity contribution >= 4 is 54.7 Å². The predicted molar refractivity (Wildman–Crippen MR) is 170 cm³/mol. The van der Waals surface area contributed by atoms with E-state index in [1.165, 1.54) is 11.1 Å². The zero-order chi connectivity index (χ0) is 27.6. The molecule has 1 unspecified atom stereocenters. The van der Waals surface area contributed by atoms with Crippen LogP contribution in [0.3, 0.4) is 0 Å². The van der Waals surface area contributed by atoms with Gasteiger partial charge < -0.3 is 10.4 Å². The third-order valence-corrected chi connectivity index (χ3v) is 7.33. The molecule has 4 nitrogen and oxygen atoms in total. The molecule has 0 saturated heterocycles. The van der Waals surface area contributed by atoms with Crippen molar-refractivity contribution in [3.05, 3.63) is 130 Å². The Morgan fingerprint density at radius 1 is 0.875 bits per heavy atom. The molecule has 0 aliphatic heterocycles. The minimum absolute atomic E-state index is 0. The predicted octanol–water partition coefficient (Wildman–Crippen LogP) is 6.71. The number of carbonyl (C=O) groups excluding carboxylic acids is 1. The van der Waals surface area contributed by atoms with Gasteiger partial charge in [0.05, 0.1) is 0 Å². The van der Waals surface area contributed by atoms with E-state index >= 15 is 0 Å². The van der Waals surface area contributed by atoms with Gasteiger partial charge in [0.1, 0.15) is 6.04 Å². The summed E-state index contributed by atoms with van der Waals surface area (Å²) in [5, 5.41) is 12.4. The van der Waals surface area contributed by atoms with Crippen LogP contribution in [-0.4, -0.2) is 53.9 Å². The quantitative estimate of drug-likeness (QED) is 0.163. The number of carboxylic acids is 1. The molecule has 200 valence electrons. The van der Waals surface area contributed by atoms with E-state index in [1.54, 1.807) is 17.8 Å². The summed E-state index contributed by atoms with van der Waals surface area (Å²) < 4.78 is 0. The van der Waals surface area contributed by atoms with Crippen LogP contribution >= 0.6 is 11.8 Å². The summed E-state index contributed by atoms with van der Waals surface area (Å²) in [5.41, 5.74) is 7.81. The molecule has 4 aromatic rings. The summed E-state index contributed by atoms with van der Waals surface area (Å²) in [6.07, 6.45) is 7.30. The summed E-state index contributed by atoms with van der Waals surface area (Å²) in [6.45, 7) is 2.01. The number of hydrogen-bond acceptors (Lipinski definition) is 3. The molecule has 1 amide bonds. The van der Waals surface area contributed by atoms with Gasteiger partial charge in [-0.25, -0.2) is 4.79 Å². The normalized spacial score (nSPS) is 11.6. The third kappa shape index (κ3) is 8.26. The average molecular weight is 544 g/mol. The van der Waals surface area contributed by atoms with Crippen molar-refractivity contribution in [2.45, 2.75) is 25.8 Å². The van der Waals surface area contributed by atoms with Crippen molar-refractivity contribution in [3.63, 3.8) is 0 Å². The molecule has 6 heteroatoms. The Balaban J connectivity index is 0.00000441. The summed E-state index contributed by atoms with van der Waals surface area (Å²) in [6, 6.07) is 31.4. The van der Waals surface area contributed by atoms with E-state index in [0.717, 1.165) is 34.2 Å². The van der Waals surface area contributed by atoms with Gasteiger partial charge in [-0.3, -0.25) is 4.79 Å². The summed E-state index contributed by atoms with van der Waals surface area (Å²) in [5.74, 6) is -0.758. The summed E-state index contributed by atoms with van der Waals surface area (Å²) >= 11 is 1.56. The molecule has 0 radical (unpaired) electrons. The zero-order valence-corrected chi connectivity index (χ0v) is 23.1. The number of aliphatic carboxylic acids is 1. The average Bonchev–Trinajstić information content (AvgIpc) is 2.95. The Morgan fingerprint density at radius 3 is 2.30 bits per heavy atom. The van der Waals surface area contributed by atoms with Crippen molar-refractivity contribution in [2.75, 3.05) is 12.0 Å². The first-order valence-electron chi connectivity index (χ1n) is 13.0. The Bertz CT molecular complexity index is 1470. The molecule has 1 atom stereocenters. The van der Waals surface area contributed by atoms with Gasteiger partial charge >= 0.3 is 24.8 Å². The fourth-order valence-electron chi connectivity index (χ4n) is 4.55. The van der Waals surface area contributed by atoms with Gasteiger partial charge in [-0.05, 0) is 82.9 Å². The van der Waals surface area contributed by atoms with Crippen LogP contribution in [0.25, 0.3) is 23.3 Å². The number of benzene rings is 4. The number of nitrogens with one attached hydrogen (secondary N) is 1. The van der Waals surface area contributed by atoms with Gasteiger partial charge in [0.15, 0.2) is 0 Å². The van der Waals surface area contributed by atoms with Crippen LogP contribution in [0.1, 0.15) is 44.6 Å². The van der Waals surface area contributed by atoms with Crippen molar-refractivity contribution in [3.8, 4) is 11.1 Å². The van der Waals surface area contributed by atoms with Crippen molar-refractivity contribution in [2.24, 2.45) is 0 Å². The number of carbonyl (C=O) groups is 2. The monoisotopic (exact) mass is 543 g/mol. The maximum absolute atomic E-state index is 13.3. The van der Waals surface area contributed by atoms with Gasteiger partial charge in [0, 0.05) is 5.56 Å². The first-order valence-corrected chi connectivity index (χ1v) is 14.4. The molecule has 40 heavy (non-hydrogen) atoms. The number of hydrogen-bond donors (Lipinski definition) is 2. The first-order chi connectivity index (χ1) is 19.0. The summed E-state index contributed by atoms with van der Waals surface area (Å²) in [7, 11) is 0. The zero-order valence-electron chi connectivity index (χ0n) is 22.3. The molecule has 0 aliphatic rings. The fraction of sp³-hybridized carbons (Fsp3) is 0.176. The second kappa shape index (κ2) is 15.3. The Hall–Kier alpha value is -3.49. The van der Waals surface area contributed by atoms with Gasteiger partial charge in [-0.15, -0.1) is 0 Å². The van der Waals surface area contributed by atoms with Crippen LogP contribution in [0.4, 0.5) is 0 Å². The molecule has 4 rings (SSSR count). The van der Waals surface area contributed by atoms with E-state index in [2.05, 4.69) is 59.9 Å². The molecule has 0 heterocycles. The van der Waals surface area contributed by atoms with E-state index in [9.17, 15) is 14.7 Å². The van der Waals surface area contributed by atoms with E-state index in [4.69, 9.17) is 0 Å². The second-order valence-corrected chi connectivity index (χ2v) is 10.4. The SMILES string of the molecule is CSCCC(NC(=O)c1ccc(C=Cc2ccccc2Cc2ccccc2)cc1-c1ccccc1C)C(=O)O.[LiH]. The second-order valence-electron chi connectivity index (χ2n) is 9.46. The van der Waals surface area contributed by atoms with Gasteiger partial charge in [-0.1, -0.05) is 97.1 Å². The molecular formula is C34H34LiNO3S. The Kier molecular flexibility index (Phi) is 11.9. The molecule has 0 spiro atoms. The molecular weight excluding hydrogens is 509 g/mol. The van der Waals surface area contributed by atoms with Crippen LogP contribution in [0.2, 0.25) is 0 Å². The number of amides is 1.